The second kappa shape index (κ2) is 10.3. The topological polar surface area (TPSA) is 71.3 Å². The summed E-state index contributed by atoms with van der Waals surface area (Å²) in [5.74, 6) is -4.44. The van der Waals surface area contributed by atoms with Crippen LogP contribution in [-0.4, -0.2) is 50.6 Å². The number of aromatic nitrogens is 3. The predicted molar refractivity (Wildman–Crippen MR) is 138 cm³/mol. The summed E-state index contributed by atoms with van der Waals surface area (Å²) in [6.07, 6.45) is -1.46. The standard InChI is InChI=1S/C29H21F6N5O2/c30-21-6-4-19(13-20(21)29(33,34)35)40-24(17-2-1-9-36-15-17)14-23(37-40)28(42)38-10-7-18(8-11-38)39-25(41)12-16-3-5-22(31)26(32)27(16)39/h1-6,9,13-15,18H,7-8,10-12H2. The molecule has 0 atom stereocenters. The highest BCUT2D eigenvalue weighted by molar-refractivity contribution is 6.02. The number of pyridine rings is 1. The summed E-state index contributed by atoms with van der Waals surface area (Å²) in [5, 5.41) is 4.30. The van der Waals surface area contributed by atoms with Gasteiger partial charge in [0.05, 0.1) is 29.1 Å². The average Bonchev–Trinajstić information content (AvgIpc) is 3.57. The van der Waals surface area contributed by atoms with E-state index < -0.39 is 41.1 Å². The number of nitrogens with zero attached hydrogens (tertiary/aromatic N) is 5. The zero-order valence-electron chi connectivity index (χ0n) is 21.7. The molecule has 2 amide bonds. The number of benzene rings is 2. The fourth-order valence-electron chi connectivity index (χ4n) is 5.50. The van der Waals surface area contributed by atoms with Gasteiger partial charge in [0, 0.05) is 37.1 Å². The Morgan fingerprint density at radius 3 is 2.38 bits per heavy atom. The molecular formula is C29H21F6N5O2. The van der Waals surface area contributed by atoms with Crippen molar-refractivity contribution < 1.29 is 35.9 Å². The number of rotatable bonds is 4. The molecule has 0 bridgehead atoms. The molecule has 0 spiro atoms. The second-order valence-electron chi connectivity index (χ2n) is 10.1. The number of likely N-dealkylation sites (tertiary alicyclic amines) is 1. The third kappa shape index (κ3) is 4.78. The van der Waals surface area contributed by atoms with Crippen LogP contribution < -0.4 is 4.90 Å². The lowest BCUT2D eigenvalue weighted by molar-refractivity contribution is -0.140. The predicted octanol–water partition coefficient (Wildman–Crippen LogP) is 5.56. The van der Waals surface area contributed by atoms with Crippen molar-refractivity contribution in [2.75, 3.05) is 18.0 Å². The minimum atomic E-state index is -4.95. The van der Waals surface area contributed by atoms with E-state index in [4.69, 9.17) is 0 Å². The van der Waals surface area contributed by atoms with Crippen LogP contribution in [0.4, 0.5) is 32.0 Å². The van der Waals surface area contributed by atoms with Crippen LogP contribution in [0.25, 0.3) is 16.9 Å². The van der Waals surface area contributed by atoms with Crippen LogP contribution in [0.1, 0.15) is 34.5 Å². The number of alkyl halides is 3. The van der Waals surface area contributed by atoms with Gasteiger partial charge in [-0.25, -0.2) is 17.9 Å². The highest BCUT2D eigenvalue weighted by Crippen LogP contribution is 2.37. The molecule has 2 aromatic carbocycles. The van der Waals surface area contributed by atoms with Crippen LogP contribution in [0.3, 0.4) is 0 Å². The third-order valence-corrected chi connectivity index (χ3v) is 7.51. The lowest BCUT2D eigenvalue weighted by Gasteiger charge is -2.36. The van der Waals surface area contributed by atoms with E-state index in [1.54, 1.807) is 12.1 Å². The molecule has 0 unspecified atom stereocenters. The molecule has 2 aliphatic heterocycles. The quantitative estimate of drug-likeness (QED) is 0.294. The Morgan fingerprint density at radius 2 is 1.69 bits per heavy atom. The Hall–Kier alpha value is -4.68. The van der Waals surface area contributed by atoms with Gasteiger partial charge in [-0.15, -0.1) is 0 Å². The molecule has 1 saturated heterocycles. The summed E-state index contributed by atoms with van der Waals surface area (Å²) in [4.78, 5) is 33.0. The normalized spacial score (nSPS) is 15.8. The zero-order chi connectivity index (χ0) is 29.8. The van der Waals surface area contributed by atoms with Crippen LogP contribution in [0.15, 0.2) is 60.9 Å². The number of anilines is 1. The lowest BCUT2D eigenvalue weighted by atomic mass is 10.0. The number of carbonyl (C=O) groups excluding carboxylic acids is 2. The van der Waals surface area contributed by atoms with Crippen molar-refractivity contribution in [3.8, 4) is 16.9 Å². The van der Waals surface area contributed by atoms with Crippen LogP contribution in [0.2, 0.25) is 0 Å². The monoisotopic (exact) mass is 585 g/mol. The molecule has 4 heterocycles. The molecule has 6 rings (SSSR count). The molecule has 0 radical (unpaired) electrons. The molecule has 0 N–H and O–H groups in total. The summed E-state index contributed by atoms with van der Waals surface area (Å²) < 4.78 is 83.9. The van der Waals surface area contributed by atoms with E-state index in [9.17, 15) is 35.9 Å². The summed E-state index contributed by atoms with van der Waals surface area (Å²) >= 11 is 0. The van der Waals surface area contributed by atoms with Crippen molar-refractivity contribution >= 4 is 17.5 Å². The van der Waals surface area contributed by atoms with Crippen molar-refractivity contribution in [1.82, 2.24) is 19.7 Å². The Balaban J connectivity index is 1.28. The minimum Gasteiger partial charge on any atom is -0.337 e. The Bertz CT molecular complexity index is 1700. The molecule has 2 aromatic heterocycles. The molecule has 0 saturated carbocycles. The molecule has 7 nitrogen and oxygen atoms in total. The minimum absolute atomic E-state index is 0.0420. The lowest BCUT2D eigenvalue weighted by Crippen LogP contribution is -2.48. The highest BCUT2D eigenvalue weighted by Gasteiger charge is 2.39. The van der Waals surface area contributed by atoms with Gasteiger partial charge in [0.2, 0.25) is 5.91 Å². The molecule has 42 heavy (non-hydrogen) atoms. The maximum atomic E-state index is 14.6. The van der Waals surface area contributed by atoms with Crippen molar-refractivity contribution in [1.29, 1.82) is 0 Å². The van der Waals surface area contributed by atoms with Gasteiger partial charge in [0.25, 0.3) is 5.91 Å². The van der Waals surface area contributed by atoms with Gasteiger partial charge in [-0.1, -0.05) is 6.07 Å². The summed E-state index contributed by atoms with van der Waals surface area (Å²) in [5.41, 5.74) is -0.597. The summed E-state index contributed by atoms with van der Waals surface area (Å²) in [7, 11) is 0. The van der Waals surface area contributed by atoms with Gasteiger partial charge in [0.1, 0.15) is 5.82 Å². The molecule has 13 heteroatoms. The van der Waals surface area contributed by atoms with Gasteiger partial charge >= 0.3 is 6.18 Å². The highest BCUT2D eigenvalue weighted by atomic mass is 19.4. The average molecular weight is 586 g/mol. The first-order valence-electron chi connectivity index (χ1n) is 13.0. The van der Waals surface area contributed by atoms with Gasteiger partial charge < -0.3 is 9.80 Å². The Kier molecular flexibility index (Phi) is 6.74. The van der Waals surface area contributed by atoms with E-state index in [0.29, 0.717) is 23.3 Å². The van der Waals surface area contributed by atoms with Crippen LogP contribution >= 0.6 is 0 Å². The Labute approximate surface area is 235 Å². The number of piperidine rings is 1. The number of halogens is 6. The fraction of sp³-hybridized carbons (Fsp3) is 0.241. The van der Waals surface area contributed by atoms with Crippen molar-refractivity contribution in [3.05, 3.63) is 95.2 Å². The SMILES string of the molecule is O=C(c1cc(-c2cccnc2)n(-c2ccc(F)c(C(F)(F)F)c2)n1)N1CCC(N2C(=O)Cc3ccc(F)c(F)c32)CC1. The molecular weight excluding hydrogens is 564 g/mol. The summed E-state index contributed by atoms with van der Waals surface area (Å²) in [6, 6.07) is 9.02. The number of hydrogen-bond acceptors (Lipinski definition) is 4. The smallest absolute Gasteiger partial charge is 0.337 e. The van der Waals surface area contributed by atoms with E-state index in [-0.39, 0.29) is 61.0 Å². The second-order valence-corrected chi connectivity index (χ2v) is 10.1. The number of amides is 2. The van der Waals surface area contributed by atoms with Gasteiger partial charge in [-0.2, -0.15) is 18.3 Å². The molecule has 216 valence electrons. The van der Waals surface area contributed by atoms with E-state index in [1.807, 2.05) is 0 Å². The molecule has 4 aromatic rings. The molecule has 0 aliphatic carbocycles. The maximum absolute atomic E-state index is 14.6. The summed E-state index contributed by atoms with van der Waals surface area (Å²) in [6.45, 7) is 0.340. The number of carbonyl (C=O) groups is 2. The van der Waals surface area contributed by atoms with E-state index in [1.165, 1.54) is 34.3 Å². The first-order chi connectivity index (χ1) is 20.0. The zero-order valence-corrected chi connectivity index (χ0v) is 21.7. The van der Waals surface area contributed by atoms with E-state index in [2.05, 4.69) is 10.1 Å². The van der Waals surface area contributed by atoms with E-state index in [0.717, 1.165) is 16.8 Å². The maximum Gasteiger partial charge on any atom is 0.419 e. The number of hydrogen-bond donors (Lipinski definition) is 0. The van der Waals surface area contributed by atoms with Crippen molar-refractivity contribution in [3.63, 3.8) is 0 Å². The molecule has 2 aliphatic rings. The van der Waals surface area contributed by atoms with Crippen molar-refractivity contribution in [2.24, 2.45) is 0 Å². The van der Waals surface area contributed by atoms with Gasteiger partial charge in [-0.05, 0) is 60.9 Å². The van der Waals surface area contributed by atoms with Crippen LogP contribution in [-0.2, 0) is 17.4 Å². The number of fused-ring (bicyclic) bond motifs is 1. The van der Waals surface area contributed by atoms with Gasteiger partial charge in [-0.3, -0.25) is 14.6 Å². The van der Waals surface area contributed by atoms with Crippen molar-refractivity contribution in [2.45, 2.75) is 31.5 Å². The first kappa shape index (κ1) is 27.5. The van der Waals surface area contributed by atoms with Crippen LogP contribution in [0, 0.1) is 17.5 Å². The van der Waals surface area contributed by atoms with E-state index >= 15 is 0 Å². The Morgan fingerprint density at radius 1 is 0.952 bits per heavy atom. The molecule has 1 fully saturated rings. The first-order valence-corrected chi connectivity index (χ1v) is 13.0. The fourth-order valence-corrected chi connectivity index (χ4v) is 5.50. The third-order valence-electron chi connectivity index (χ3n) is 7.51. The van der Waals surface area contributed by atoms with Crippen LogP contribution in [0.5, 0.6) is 0 Å². The van der Waals surface area contributed by atoms with Gasteiger partial charge in [0.15, 0.2) is 17.3 Å². The largest absolute Gasteiger partial charge is 0.419 e.